The Morgan fingerprint density at radius 3 is 2.15 bits per heavy atom. The number of hydrogen-bond donors (Lipinski definition) is 1. The van der Waals surface area contributed by atoms with Crippen LogP contribution in [0.15, 0.2) is 54.6 Å². The third-order valence-electron chi connectivity index (χ3n) is 4.21. The van der Waals surface area contributed by atoms with E-state index in [-0.39, 0.29) is 5.41 Å². The van der Waals surface area contributed by atoms with Crippen molar-refractivity contribution in [2.24, 2.45) is 0 Å². The summed E-state index contributed by atoms with van der Waals surface area (Å²) in [6.45, 7) is 2.72. The van der Waals surface area contributed by atoms with Crippen molar-refractivity contribution >= 4 is 0 Å². The zero-order valence-electron chi connectivity index (χ0n) is 11.9. The van der Waals surface area contributed by atoms with Gasteiger partial charge in [0.1, 0.15) is 0 Å². The van der Waals surface area contributed by atoms with Crippen LogP contribution in [0.3, 0.4) is 0 Å². The summed E-state index contributed by atoms with van der Waals surface area (Å²) >= 11 is 0. The lowest BCUT2D eigenvalue weighted by Crippen LogP contribution is -2.48. The number of nitrogens with one attached hydrogen (secondary N) is 1. The Kier molecular flexibility index (Phi) is 3.86. The summed E-state index contributed by atoms with van der Waals surface area (Å²) in [5.41, 5.74) is 4.17. The molecule has 0 saturated carbocycles. The SMILES string of the molecule is CNCCC1(c2ccc(-c3ccccc3)cc2)COC1. The van der Waals surface area contributed by atoms with Gasteiger partial charge in [-0.2, -0.15) is 0 Å². The van der Waals surface area contributed by atoms with Gasteiger partial charge in [0.05, 0.1) is 13.2 Å². The molecule has 2 aromatic carbocycles. The molecule has 2 nitrogen and oxygen atoms in total. The first kappa shape index (κ1) is 13.3. The van der Waals surface area contributed by atoms with Gasteiger partial charge in [0.2, 0.25) is 0 Å². The molecule has 0 atom stereocenters. The first-order valence-electron chi connectivity index (χ1n) is 7.22. The maximum Gasteiger partial charge on any atom is 0.0586 e. The van der Waals surface area contributed by atoms with Crippen LogP contribution in [-0.4, -0.2) is 26.8 Å². The van der Waals surface area contributed by atoms with Crippen molar-refractivity contribution in [1.82, 2.24) is 5.32 Å². The predicted molar refractivity (Wildman–Crippen MR) is 82.9 cm³/mol. The smallest absolute Gasteiger partial charge is 0.0586 e. The van der Waals surface area contributed by atoms with Crippen molar-refractivity contribution in [3.63, 3.8) is 0 Å². The van der Waals surface area contributed by atoms with E-state index in [1.54, 1.807) is 0 Å². The van der Waals surface area contributed by atoms with Gasteiger partial charge in [-0.05, 0) is 36.7 Å². The van der Waals surface area contributed by atoms with Gasteiger partial charge in [-0.15, -0.1) is 0 Å². The summed E-state index contributed by atoms with van der Waals surface area (Å²) < 4.78 is 5.48. The highest BCUT2D eigenvalue weighted by atomic mass is 16.5. The zero-order valence-corrected chi connectivity index (χ0v) is 11.9. The van der Waals surface area contributed by atoms with Crippen molar-refractivity contribution in [1.29, 1.82) is 0 Å². The monoisotopic (exact) mass is 267 g/mol. The molecule has 0 amide bonds. The van der Waals surface area contributed by atoms with E-state index in [0.717, 1.165) is 26.2 Å². The van der Waals surface area contributed by atoms with Crippen LogP contribution in [0, 0.1) is 0 Å². The molecule has 1 aliphatic rings. The first-order chi connectivity index (χ1) is 9.84. The quantitative estimate of drug-likeness (QED) is 0.898. The van der Waals surface area contributed by atoms with Gasteiger partial charge in [0.15, 0.2) is 0 Å². The van der Waals surface area contributed by atoms with Gasteiger partial charge in [-0.3, -0.25) is 0 Å². The van der Waals surface area contributed by atoms with Crippen LogP contribution < -0.4 is 5.32 Å². The summed E-state index contributed by atoms with van der Waals surface area (Å²) in [6.07, 6.45) is 1.13. The Hall–Kier alpha value is -1.64. The molecule has 1 heterocycles. The average Bonchev–Trinajstić information content (AvgIpc) is 2.48. The Morgan fingerprint density at radius 1 is 0.950 bits per heavy atom. The predicted octanol–water partition coefficient (Wildman–Crippen LogP) is 3.23. The number of hydrogen-bond acceptors (Lipinski definition) is 2. The maximum atomic E-state index is 5.48. The molecule has 0 bridgehead atoms. The van der Waals surface area contributed by atoms with Crippen molar-refractivity contribution in [2.75, 3.05) is 26.8 Å². The lowest BCUT2D eigenvalue weighted by Gasteiger charge is -2.42. The number of benzene rings is 2. The van der Waals surface area contributed by atoms with Gasteiger partial charge in [-0.25, -0.2) is 0 Å². The molecule has 0 aliphatic carbocycles. The van der Waals surface area contributed by atoms with Crippen molar-refractivity contribution in [3.8, 4) is 11.1 Å². The van der Waals surface area contributed by atoms with Crippen LogP contribution in [-0.2, 0) is 10.2 Å². The summed E-state index contributed by atoms with van der Waals surface area (Å²) in [5, 5.41) is 3.24. The molecular weight excluding hydrogens is 246 g/mol. The molecular formula is C18H21NO. The largest absolute Gasteiger partial charge is 0.379 e. The highest BCUT2D eigenvalue weighted by Gasteiger charge is 2.39. The molecule has 104 valence electrons. The van der Waals surface area contributed by atoms with Gasteiger partial charge in [-0.1, -0.05) is 54.6 Å². The van der Waals surface area contributed by atoms with Crippen LogP contribution in [0.4, 0.5) is 0 Å². The number of rotatable bonds is 5. The second-order valence-electron chi connectivity index (χ2n) is 5.57. The minimum absolute atomic E-state index is 0.220. The van der Waals surface area contributed by atoms with E-state index >= 15 is 0 Å². The van der Waals surface area contributed by atoms with E-state index in [1.807, 2.05) is 7.05 Å². The fourth-order valence-electron chi connectivity index (χ4n) is 2.81. The molecule has 1 aliphatic heterocycles. The van der Waals surface area contributed by atoms with Crippen LogP contribution in [0.25, 0.3) is 11.1 Å². The third-order valence-corrected chi connectivity index (χ3v) is 4.21. The maximum absolute atomic E-state index is 5.48. The summed E-state index contributed by atoms with van der Waals surface area (Å²) in [6, 6.07) is 19.5. The molecule has 0 aromatic heterocycles. The van der Waals surface area contributed by atoms with Gasteiger partial charge in [0, 0.05) is 5.41 Å². The number of ether oxygens (including phenoxy) is 1. The second kappa shape index (κ2) is 5.78. The van der Waals surface area contributed by atoms with E-state index in [1.165, 1.54) is 16.7 Å². The van der Waals surface area contributed by atoms with E-state index in [0.29, 0.717) is 0 Å². The highest BCUT2D eigenvalue weighted by Crippen LogP contribution is 2.36. The van der Waals surface area contributed by atoms with Crippen LogP contribution in [0.2, 0.25) is 0 Å². The van der Waals surface area contributed by atoms with Crippen LogP contribution in [0.1, 0.15) is 12.0 Å². The van der Waals surface area contributed by atoms with Crippen LogP contribution in [0.5, 0.6) is 0 Å². The summed E-state index contributed by atoms with van der Waals surface area (Å²) in [7, 11) is 2.01. The lowest BCUT2D eigenvalue weighted by atomic mass is 9.75. The molecule has 0 spiro atoms. The fourth-order valence-corrected chi connectivity index (χ4v) is 2.81. The van der Waals surface area contributed by atoms with E-state index in [9.17, 15) is 0 Å². The fraction of sp³-hybridized carbons (Fsp3) is 0.333. The van der Waals surface area contributed by atoms with Crippen molar-refractivity contribution in [3.05, 3.63) is 60.2 Å². The summed E-state index contributed by atoms with van der Waals surface area (Å²) in [5.74, 6) is 0. The van der Waals surface area contributed by atoms with Crippen molar-refractivity contribution < 1.29 is 4.74 Å². The van der Waals surface area contributed by atoms with Crippen molar-refractivity contribution in [2.45, 2.75) is 11.8 Å². The van der Waals surface area contributed by atoms with Gasteiger partial charge < -0.3 is 10.1 Å². The zero-order chi connectivity index (χ0) is 13.8. The molecule has 20 heavy (non-hydrogen) atoms. The molecule has 1 saturated heterocycles. The van der Waals surface area contributed by atoms with Gasteiger partial charge in [0.25, 0.3) is 0 Å². The molecule has 2 heteroatoms. The molecule has 3 rings (SSSR count). The topological polar surface area (TPSA) is 21.3 Å². The van der Waals surface area contributed by atoms with Crippen LogP contribution >= 0.6 is 0 Å². The van der Waals surface area contributed by atoms with E-state index < -0.39 is 0 Å². The normalized spacial score (nSPS) is 16.6. The molecule has 0 radical (unpaired) electrons. The van der Waals surface area contributed by atoms with E-state index in [4.69, 9.17) is 4.74 Å². The highest BCUT2D eigenvalue weighted by molar-refractivity contribution is 5.63. The third kappa shape index (κ3) is 2.49. The lowest BCUT2D eigenvalue weighted by molar-refractivity contribution is -0.0638. The minimum Gasteiger partial charge on any atom is -0.379 e. The first-order valence-corrected chi connectivity index (χ1v) is 7.22. The Balaban J connectivity index is 1.82. The Labute approximate surface area is 120 Å². The minimum atomic E-state index is 0.220. The molecule has 1 fully saturated rings. The molecule has 1 N–H and O–H groups in total. The second-order valence-corrected chi connectivity index (χ2v) is 5.57. The molecule has 0 unspecified atom stereocenters. The Bertz CT molecular complexity index is 543. The molecule has 2 aromatic rings. The van der Waals surface area contributed by atoms with E-state index in [2.05, 4.69) is 59.9 Å². The standard InChI is InChI=1S/C18H21NO/c1-19-12-11-18(13-20-14-18)17-9-7-16(8-10-17)15-5-3-2-4-6-15/h2-10,19H,11-14H2,1H3. The Morgan fingerprint density at radius 2 is 1.60 bits per heavy atom. The average molecular weight is 267 g/mol. The van der Waals surface area contributed by atoms with Gasteiger partial charge >= 0.3 is 0 Å². The summed E-state index contributed by atoms with van der Waals surface area (Å²) in [4.78, 5) is 0.